The van der Waals surface area contributed by atoms with Gasteiger partial charge in [-0.25, -0.2) is 4.98 Å². The molecule has 4 rings (SSSR count). The molecule has 0 unspecified atom stereocenters. The van der Waals surface area contributed by atoms with E-state index >= 15 is 0 Å². The van der Waals surface area contributed by atoms with Gasteiger partial charge >= 0.3 is 0 Å². The molecule has 142 valence electrons. The highest BCUT2D eigenvalue weighted by Crippen LogP contribution is 2.22. The summed E-state index contributed by atoms with van der Waals surface area (Å²) in [4.78, 5) is 19.1. The molecule has 0 fully saturated rings. The highest BCUT2D eigenvalue weighted by molar-refractivity contribution is 5.96. The third-order valence-electron chi connectivity index (χ3n) is 4.44. The minimum absolute atomic E-state index is 0.125. The topological polar surface area (TPSA) is 60.0 Å². The number of fused-ring (bicyclic) bond motifs is 1. The van der Waals surface area contributed by atoms with Crippen LogP contribution in [-0.2, 0) is 13.2 Å². The highest BCUT2D eigenvalue weighted by Gasteiger charge is 2.18. The van der Waals surface area contributed by atoms with E-state index in [4.69, 9.17) is 9.15 Å². The lowest BCUT2D eigenvalue weighted by atomic mass is 10.1. The lowest BCUT2D eigenvalue weighted by molar-refractivity contribution is 0.0770. The number of furan rings is 1. The molecule has 28 heavy (non-hydrogen) atoms. The number of aromatic nitrogens is 2. The summed E-state index contributed by atoms with van der Waals surface area (Å²) in [5, 5.41) is 0. The van der Waals surface area contributed by atoms with Crippen LogP contribution in [0.2, 0.25) is 0 Å². The molecule has 0 saturated carbocycles. The molecule has 0 spiro atoms. The van der Waals surface area contributed by atoms with E-state index in [1.165, 1.54) is 0 Å². The van der Waals surface area contributed by atoms with Crippen LogP contribution in [-0.4, -0.2) is 27.2 Å². The number of pyridine rings is 1. The summed E-state index contributed by atoms with van der Waals surface area (Å²) in [7, 11) is 1.75. The number of nitrogens with zero attached hydrogens (tertiary/aromatic N) is 3. The molecule has 0 radical (unpaired) electrons. The Morgan fingerprint density at radius 2 is 1.96 bits per heavy atom. The SMILES string of the molecule is Cc1ccc(CN(C)C(=O)c2ccccc2OCc2cn3ccccc3n2)o1. The number of para-hydroxylation sites is 1. The third-order valence-corrected chi connectivity index (χ3v) is 4.44. The molecule has 6 nitrogen and oxygen atoms in total. The van der Waals surface area contributed by atoms with Crippen molar-refractivity contribution in [2.45, 2.75) is 20.1 Å². The summed E-state index contributed by atoms with van der Waals surface area (Å²) in [6.07, 6.45) is 3.86. The number of imidazole rings is 1. The predicted octanol–water partition coefficient (Wildman–Crippen LogP) is 4.09. The average molecular weight is 375 g/mol. The Bertz CT molecular complexity index is 1080. The quantitative estimate of drug-likeness (QED) is 0.509. The monoisotopic (exact) mass is 375 g/mol. The van der Waals surface area contributed by atoms with Crippen LogP contribution in [0.15, 0.2) is 71.4 Å². The smallest absolute Gasteiger partial charge is 0.257 e. The highest BCUT2D eigenvalue weighted by atomic mass is 16.5. The fraction of sp³-hybridized carbons (Fsp3) is 0.182. The van der Waals surface area contributed by atoms with Crippen molar-refractivity contribution in [2.24, 2.45) is 0 Å². The van der Waals surface area contributed by atoms with Crippen LogP contribution in [0.4, 0.5) is 0 Å². The number of aryl methyl sites for hydroxylation is 1. The second-order valence-electron chi connectivity index (χ2n) is 6.66. The number of benzene rings is 1. The van der Waals surface area contributed by atoms with E-state index in [0.717, 1.165) is 22.9 Å². The van der Waals surface area contributed by atoms with Gasteiger partial charge in [-0.15, -0.1) is 0 Å². The maximum atomic E-state index is 12.9. The molecule has 6 heteroatoms. The molecule has 3 heterocycles. The molecule has 0 atom stereocenters. The standard InChI is InChI=1S/C22H21N3O3/c1-16-10-11-18(28-16)14-24(2)22(26)19-7-3-4-8-20(19)27-15-17-13-25-12-6-5-9-21(25)23-17/h3-13H,14-15H2,1-2H3. The average Bonchev–Trinajstić information content (AvgIpc) is 3.31. The van der Waals surface area contributed by atoms with Crippen molar-refractivity contribution in [1.82, 2.24) is 14.3 Å². The summed E-state index contributed by atoms with van der Waals surface area (Å²) >= 11 is 0. The fourth-order valence-corrected chi connectivity index (χ4v) is 3.06. The molecule has 0 bridgehead atoms. The first-order valence-corrected chi connectivity index (χ1v) is 9.05. The lowest BCUT2D eigenvalue weighted by Gasteiger charge is -2.18. The summed E-state index contributed by atoms with van der Waals surface area (Å²) in [6, 6.07) is 16.8. The van der Waals surface area contributed by atoms with E-state index in [2.05, 4.69) is 4.98 Å². The van der Waals surface area contributed by atoms with Crippen LogP contribution in [0, 0.1) is 6.92 Å². The van der Waals surface area contributed by atoms with Gasteiger partial charge in [0.05, 0.1) is 17.8 Å². The Hall–Kier alpha value is -3.54. The second kappa shape index (κ2) is 7.60. The Morgan fingerprint density at radius 3 is 2.75 bits per heavy atom. The molecular weight excluding hydrogens is 354 g/mol. The van der Waals surface area contributed by atoms with Gasteiger partial charge in [0.15, 0.2) is 0 Å². The maximum Gasteiger partial charge on any atom is 0.257 e. The largest absolute Gasteiger partial charge is 0.486 e. The van der Waals surface area contributed by atoms with Gasteiger partial charge in [0, 0.05) is 19.4 Å². The van der Waals surface area contributed by atoms with Gasteiger partial charge in [0.1, 0.15) is 29.5 Å². The Labute approximate surface area is 163 Å². The van der Waals surface area contributed by atoms with E-state index in [0.29, 0.717) is 17.9 Å². The van der Waals surface area contributed by atoms with Crippen LogP contribution in [0.25, 0.3) is 5.65 Å². The van der Waals surface area contributed by atoms with Crippen LogP contribution in [0.3, 0.4) is 0 Å². The number of amides is 1. The number of hydrogen-bond acceptors (Lipinski definition) is 4. The molecule has 0 aliphatic carbocycles. The van der Waals surface area contributed by atoms with Gasteiger partial charge in [-0.3, -0.25) is 4.79 Å². The van der Waals surface area contributed by atoms with Gasteiger partial charge in [0.2, 0.25) is 0 Å². The van der Waals surface area contributed by atoms with Crippen molar-refractivity contribution >= 4 is 11.6 Å². The molecule has 4 aromatic rings. The Kier molecular flexibility index (Phi) is 4.85. The zero-order valence-corrected chi connectivity index (χ0v) is 15.8. The van der Waals surface area contributed by atoms with Crippen molar-refractivity contribution in [1.29, 1.82) is 0 Å². The number of carbonyl (C=O) groups excluding carboxylic acids is 1. The molecule has 0 aliphatic heterocycles. The normalized spacial score (nSPS) is 10.9. The van der Waals surface area contributed by atoms with Crippen LogP contribution >= 0.6 is 0 Å². The van der Waals surface area contributed by atoms with Gasteiger partial charge in [-0.1, -0.05) is 18.2 Å². The van der Waals surface area contributed by atoms with Crippen LogP contribution < -0.4 is 4.74 Å². The number of carbonyl (C=O) groups is 1. The number of rotatable bonds is 6. The minimum atomic E-state index is -0.125. The molecule has 0 aliphatic rings. The van der Waals surface area contributed by atoms with E-state index in [1.807, 2.05) is 66.2 Å². The summed E-state index contributed by atoms with van der Waals surface area (Å²) in [5.74, 6) is 1.98. The van der Waals surface area contributed by atoms with Gasteiger partial charge in [0.25, 0.3) is 5.91 Å². The zero-order valence-electron chi connectivity index (χ0n) is 15.8. The molecule has 1 amide bonds. The van der Waals surface area contributed by atoms with E-state index < -0.39 is 0 Å². The van der Waals surface area contributed by atoms with Gasteiger partial charge in [-0.05, 0) is 43.3 Å². The third kappa shape index (κ3) is 3.76. The van der Waals surface area contributed by atoms with Gasteiger partial charge in [-0.2, -0.15) is 0 Å². The van der Waals surface area contributed by atoms with Crippen molar-refractivity contribution in [2.75, 3.05) is 7.05 Å². The Balaban J connectivity index is 1.48. The molecule has 0 N–H and O–H groups in total. The van der Waals surface area contributed by atoms with Crippen molar-refractivity contribution < 1.29 is 13.9 Å². The summed E-state index contributed by atoms with van der Waals surface area (Å²) in [5.41, 5.74) is 2.17. The lowest BCUT2D eigenvalue weighted by Crippen LogP contribution is -2.26. The van der Waals surface area contributed by atoms with Crippen LogP contribution in [0.1, 0.15) is 27.6 Å². The van der Waals surface area contributed by atoms with Crippen LogP contribution in [0.5, 0.6) is 5.75 Å². The Morgan fingerprint density at radius 1 is 1.14 bits per heavy atom. The predicted molar refractivity (Wildman–Crippen MR) is 105 cm³/mol. The molecule has 1 aromatic carbocycles. The van der Waals surface area contributed by atoms with E-state index in [-0.39, 0.29) is 12.5 Å². The van der Waals surface area contributed by atoms with Crippen molar-refractivity contribution in [3.05, 3.63) is 89.8 Å². The maximum absolute atomic E-state index is 12.9. The van der Waals surface area contributed by atoms with E-state index in [9.17, 15) is 4.79 Å². The van der Waals surface area contributed by atoms with E-state index in [1.54, 1.807) is 24.1 Å². The first-order valence-electron chi connectivity index (χ1n) is 9.05. The number of hydrogen-bond donors (Lipinski definition) is 0. The summed E-state index contributed by atoms with van der Waals surface area (Å²) in [6.45, 7) is 2.56. The molecule has 0 saturated heterocycles. The minimum Gasteiger partial charge on any atom is -0.486 e. The van der Waals surface area contributed by atoms with Gasteiger partial charge < -0.3 is 18.5 Å². The summed E-state index contributed by atoms with van der Waals surface area (Å²) < 4.78 is 13.4. The van der Waals surface area contributed by atoms with Crippen molar-refractivity contribution in [3.8, 4) is 5.75 Å². The molecule has 3 aromatic heterocycles. The first kappa shape index (κ1) is 17.9. The zero-order chi connectivity index (χ0) is 19.5. The van der Waals surface area contributed by atoms with Crippen molar-refractivity contribution in [3.63, 3.8) is 0 Å². The first-order chi connectivity index (χ1) is 13.6. The molecular formula is C22H21N3O3. The fourth-order valence-electron chi connectivity index (χ4n) is 3.06. The second-order valence-corrected chi connectivity index (χ2v) is 6.66. The number of ether oxygens (including phenoxy) is 1.